The van der Waals surface area contributed by atoms with E-state index >= 15 is 0 Å². The molecule has 0 aromatic rings. The van der Waals surface area contributed by atoms with Crippen LogP contribution in [0.4, 0.5) is 0 Å². The number of hydrogen-bond donors (Lipinski definition) is 1. The summed E-state index contributed by atoms with van der Waals surface area (Å²) in [6.45, 7) is 7.83. The Balaban J connectivity index is 3.29. The van der Waals surface area contributed by atoms with E-state index in [1.165, 1.54) is 70.6 Å². The van der Waals surface area contributed by atoms with Gasteiger partial charge in [-0.25, -0.2) is 0 Å². The number of rotatable bonds is 15. The Morgan fingerprint density at radius 3 is 1.54 bits per heavy atom. The van der Waals surface area contributed by atoms with Gasteiger partial charge in [0.05, 0.1) is 0 Å². The molecule has 0 aliphatic rings. The van der Waals surface area contributed by atoms with Crippen molar-refractivity contribution in [3.05, 3.63) is 0 Å². The van der Waals surface area contributed by atoms with Gasteiger partial charge in [-0.1, -0.05) is 105 Å². The molecule has 1 unspecified atom stereocenters. The van der Waals surface area contributed by atoms with Gasteiger partial charge in [0.1, 0.15) is 0 Å². The van der Waals surface area contributed by atoms with Gasteiger partial charge in [-0.3, -0.25) is 4.79 Å². The Labute approximate surface area is 150 Å². The maximum atomic E-state index is 11.6. The maximum Gasteiger partial charge on any atom is 0.308 e. The molecule has 0 heterocycles. The highest BCUT2D eigenvalue weighted by molar-refractivity contribution is 5.69. The second kappa shape index (κ2) is 14.7. The fraction of sp³-hybridized carbons (Fsp3) is 0.952. The van der Waals surface area contributed by atoms with Gasteiger partial charge < -0.3 is 9.84 Å². The molecule has 0 saturated heterocycles. The topological polar surface area (TPSA) is 46.5 Å². The molecule has 0 aromatic heterocycles. The van der Waals surface area contributed by atoms with Gasteiger partial charge in [0.15, 0.2) is 0 Å². The molecule has 0 fully saturated rings. The van der Waals surface area contributed by atoms with Gasteiger partial charge in [0.25, 0.3) is 0 Å². The molecule has 3 heteroatoms. The Morgan fingerprint density at radius 2 is 1.17 bits per heavy atom. The first-order chi connectivity index (χ1) is 11.4. The molecule has 0 amide bonds. The highest BCUT2D eigenvalue weighted by Gasteiger charge is 2.25. The third-order valence-electron chi connectivity index (χ3n) is 4.47. The lowest BCUT2D eigenvalue weighted by molar-refractivity contribution is -0.186. The Hall–Kier alpha value is -0.570. The smallest absolute Gasteiger partial charge is 0.308 e. The fourth-order valence-electron chi connectivity index (χ4n) is 2.65. The first-order valence-corrected chi connectivity index (χ1v) is 10.3. The van der Waals surface area contributed by atoms with Crippen molar-refractivity contribution in [3.8, 4) is 0 Å². The average molecular weight is 343 g/mol. The van der Waals surface area contributed by atoms with E-state index in [-0.39, 0.29) is 5.97 Å². The summed E-state index contributed by atoms with van der Waals surface area (Å²) < 4.78 is 5.04. The zero-order valence-electron chi connectivity index (χ0n) is 16.7. The summed E-state index contributed by atoms with van der Waals surface area (Å²) in [6.07, 6.45) is 16.2. The molecule has 144 valence electrons. The van der Waals surface area contributed by atoms with Gasteiger partial charge in [-0.05, 0) is 6.42 Å². The van der Waals surface area contributed by atoms with E-state index in [4.69, 9.17) is 4.74 Å². The van der Waals surface area contributed by atoms with Crippen molar-refractivity contribution in [2.24, 2.45) is 5.41 Å². The normalized spacial score (nSPS) is 13.0. The number of esters is 1. The number of unbranched alkanes of at least 4 members (excludes halogenated alkanes) is 12. The SMILES string of the molecule is CCCCCCCCCCCCCCCC(=O)OC(O)C(C)(C)C. The minimum Gasteiger partial charge on any atom is -0.435 e. The van der Waals surface area contributed by atoms with Crippen molar-refractivity contribution in [1.82, 2.24) is 0 Å². The lowest BCUT2D eigenvalue weighted by Crippen LogP contribution is -2.31. The second-order valence-electron chi connectivity index (χ2n) is 8.20. The lowest BCUT2D eigenvalue weighted by atomic mass is 9.96. The molecule has 0 saturated carbocycles. The fourth-order valence-corrected chi connectivity index (χ4v) is 2.65. The third-order valence-corrected chi connectivity index (χ3v) is 4.47. The van der Waals surface area contributed by atoms with E-state index in [0.717, 1.165) is 12.8 Å². The van der Waals surface area contributed by atoms with E-state index in [9.17, 15) is 9.90 Å². The molecular weight excluding hydrogens is 300 g/mol. The van der Waals surface area contributed by atoms with E-state index < -0.39 is 11.7 Å². The zero-order valence-corrected chi connectivity index (χ0v) is 16.7. The summed E-state index contributed by atoms with van der Waals surface area (Å²) in [5.74, 6) is -0.277. The Morgan fingerprint density at radius 1 is 0.792 bits per heavy atom. The molecular formula is C21H42O3. The number of hydrogen-bond acceptors (Lipinski definition) is 3. The minimum absolute atomic E-state index is 0.277. The zero-order chi connectivity index (χ0) is 18.3. The molecule has 0 aliphatic heterocycles. The van der Waals surface area contributed by atoms with Gasteiger partial charge in [-0.2, -0.15) is 0 Å². The standard InChI is InChI=1S/C21H42O3/c1-5-6-7-8-9-10-11-12-13-14-15-16-17-18-19(22)24-20(23)21(2,3)4/h20,23H,5-18H2,1-4H3. The predicted molar refractivity (Wildman–Crippen MR) is 102 cm³/mol. The molecule has 0 radical (unpaired) electrons. The number of carbonyl (C=O) groups excluding carboxylic acids is 1. The van der Waals surface area contributed by atoms with Crippen molar-refractivity contribution in [2.75, 3.05) is 0 Å². The van der Waals surface area contributed by atoms with Crippen LogP contribution in [-0.4, -0.2) is 17.4 Å². The predicted octanol–water partition coefficient (Wildman–Crippen LogP) is 6.38. The average Bonchev–Trinajstić information content (AvgIpc) is 2.51. The number of aliphatic hydroxyl groups excluding tert-OH is 1. The molecule has 1 N–H and O–H groups in total. The van der Waals surface area contributed by atoms with Crippen molar-refractivity contribution in [1.29, 1.82) is 0 Å². The highest BCUT2D eigenvalue weighted by atomic mass is 16.6. The van der Waals surface area contributed by atoms with Gasteiger partial charge in [-0.15, -0.1) is 0 Å². The summed E-state index contributed by atoms with van der Waals surface area (Å²) in [5, 5.41) is 9.72. The van der Waals surface area contributed by atoms with E-state index in [2.05, 4.69) is 6.92 Å². The molecule has 0 bridgehead atoms. The lowest BCUT2D eigenvalue weighted by Gasteiger charge is -2.25. The van der Waals surface area contributed by atoms with E-state index in [1.807, 2.05) is 20.8 Å². The summed E-state index contributed by atoms with van der Waals surface area (Å²) in [5.41, 5.74) is -0.411. The first-order valence-electron chi connectivity index (χ1n) is 10.3. The number of ether oxygens (including phenoxy) is 1. The van der Waals surface area contributed by atoms with Gasteiger partial charge >= 0.3 is 5.97 Å². The van der Waals surface area contributed by atoms with Crippen LogP contribution in [0.25, 0.3) is 0 Å². The Bertz CT molecular complexity index is 294. The van der Waals surface area contributed by atoms with Crippen molar-refractivity contribution < 1.29 is 14.6 Å². The van der Waals surface area contributed by atoms with Crippen LogP contribution >= 0.6 is 0 Å². The van der Waals surface area contributed by atoms with Crippen LogP contribution in [-0.2, 0) is 9.53 Å². The van der Waals surface area contributed by atoms with Crippen LogP contribution in [0.15, 0.2) is 0 Å². The molecule has 24 heavy (non-hydrogen) atoms. The summed E-state index contributed by atoms with van der Waals surface area (Å²) >= 11 is 0. The van der Waals surface area contributed by atoms with Crippen molar-refractivity contribution >= 4 is 5.97 Å². The van der Waals surface area contributed by atoms with Crippen LogP contribution in [0.3, 0.4) is 0 Å². The van der Waals surface area contributed by atoms with Crippen LogP contribution < -0.4 is 0 Å². The molecule has 1 atom stereocenters. The Kier molecular flexibility index (Phi) is 14.4. The second-order valence-corrected chi connectivity index (χ2v) is 8.20. The molecule has 0 rings (SSSR count). The monoisotopic (exact) mass is 342 g/mol. The van der Waals surface area contributed by atoms with E-state index in [0.29, 0.717) is 6.42 Å². The van der Waals surface area contributed by atoms with Crippen molar-refractivity contribution in [2.45, 2.75) is 124 Å². The summed E-state index contributed by atoms with van der Waals surface area (Å²) in [4.78, 5) is 11.6. The summed E-state index contributed by atoms with van der Waals surface area (Å²) in [6, 6.07) is 0. The van der Waals surface area contributed by atoms with E-state index in [1.54, 1.807) is 0 Å². The quantitative estimate of drug-likeness (QED) is 0.213. The van der Waals surface area contributed by atoms with Crippen LogP contribution in [0, 0.1) is 5.41 Å². The molecule has 0 aromatic carbocycles. The van der Waals surface area contributed by atoms with Crippen LogP contribution in [0.2, 0.25) is 0 Å². The first kappa shape index (κ1) is 23.4. The van der Waals surface area contributed by atoms with Crippen LogP contribution in [0.5, 0.6) is 0 Å². The highest BCUT2D eigenvalue weighted by Crippen LogP contribution is 2.20. The van der Waals surface area contributed by atoms with Crippen LogP contribution in [0.1, 0.15) is 118 Å². The van der Waals surface area contributed by atoms with Crippen molar-refractivity contribution in [3.63, 3.8) is 0 Å². The molecule has 3 nitrogen and oxygen atoms in total. The maximum absolute atomic E-state index is 11.6. The molecule has 0 aliphatic carbocycles. The largest absolute Gasteiger partial charge is 0.435 e. The summed E-state index contributed by atoms with van der Waals surface area (Å²) in [7, 11) is 0. The minimum atomic E-state index is -1.01. The third kappa shape index (κ3) is 15.0. The van der Waals surface area contributed by atoms with Gasteiger partial charge in [0.2, 0.25) is 6.29 Å². The number of aliphatic hydroxyl groups is 1. The number of carbonyl (C=O) groups is 1. The van der Waals surface area contributed by atoms with Gasteiger partial charge in [0, 0.05) is 11.8 Å². The molecule has 0 spiro atoms.